The summed E-state index contributed by atoms with van der Waals surface area (Å²) >= 11 is 6.20. The minimum absolute atomic E-state index is 0.0258. The zero-order valence-electron chi connectivity index (χ0n) is 17.8. The maximum atomic E-state index is 13.0. The van der Waals surface area contributed by atoms with Crippen molar-refractivity contribution in [2.75, 3.05) is 15.5 Å². The summed E-state index contributed by atoms with van der Waals surface area (Å²) in [6.45, 7) is 3.77. The van der Waals surface area contributed by atoms with Gasteiger partial charge < -0.3 is 15.7 Å². The van der Waals surface area contributed by atoms with Crippen LogP contribution in [-0.2, 0) is 9.59 Å². The Balaban J connectivity index is 1.49. The van der Waals surface area contributed by atoms with Crippen LogP contribution in [0.4, 0.5) is 17.1 Å². The Hall–Kier alpha value is -4.10. The number of nitrogens with zero attached hydrogens (tertiary/aromatic N) is 1. The van der Waals surface area contributed by atoms with Gasteiger partial charge in [0.1, 0.15) is 16.5 Å². The highest BCUT2D eigenvalue weighted by atomic mass is 35.5. The molecule has 4 rings (SSSR count). The third-order valence-electron chi connectivity index (χ3n) is 5.03. The number of hydrogen-bond donors (Lipinski definition) is 3. The van der Waals surface area contributed by atoms with Gasteiger partial charge in [0.2, 0.25) is 0 Å². The number of rotatable bonds is 5. The Morgan fingerprint density at radius 1 is 0.848 bits per heavy atom. The second kappa shape index (κ2) is 8.80. The summed E-state index contributed by atoms with van der Waals surface area (Å²) in [5.41, 5.74) is 3.69. The molecule has 1 aliphatic rings. The molecule has 0 saturated heterocycles. The highest BCUT2D eigenvalue weighted by Crippen LogP contribution is 2.31. The van der Waals surface area contributed by atoms with Crippen LogP contribution < -0.4 is 15.5 Å². The fourth-order valence-electron chi connectivity index (χ4n) is 3.52. The van der Waals surface area contributed by atoms with Crippen LogP contribution in [0, 0.1) is 13.8 Å². The van der Waals surface area contributed by atoms with Crippen LogP contribution >= 0.6 is 11.6 Å². The Bertz CT molecular complexity index is 1280. The number of anilines is 3. The Labute approximate surface area is 195 Å². The van der Waals surface area contributed by atoms with E-state index in [1.165, 1.54) is 12.1 Å². The van der Waals surface area contributed by atoms with E-state index in [1.807, 2.05) is 19.9 Å². The number of carbonyl (C=O) groups excluding carboxylic acids is 3. The van der Waals surface area contributed by atoms with Gasteiger partial charge in [-0.05, 0) is 85.6 Å². The number of imide groups is 1. The molecule has 0 spiro atoms. The lowest BCUT2D eigenvalue weighted by atomic mass is 10.1. The molecule has 3 amide bonds. The molecule has 3 aromatic carbocycles. The molecule has 33 heavy (non-hydrogen) atoms. The van der Waals surface area contributed by atoms with Crippen LogP contribution in [0.15, 0.2) is 77.5 Å². The topological polar surface area (TPSA) is 98.7 Å². The number of phenols is 1. The molecule has 0 fully saturated rings. The van der Waals surface area contributed by atoms with Crippen LogP contribution in [-0.4, -0.2) is 22.8 Å². The first-order valence-corrected chi connectivity index (χ1v) is 10.4. The summed E-state index contributed by atoms with van der Waals surface area (Å²) in [7, 11) is 0. The maximum Gasteiger partial charge on any atom is 0.283 e. The summed E-state index contributed by atoms with van der Waals surface area (Å²) in [5, 5.41) is 14.8. The van der Waals surface area contributed by atoms with Gasteiger partial charge >= 0.3 is 0 Å². The van der Waals surface area contributed by atoms with Gasteiger partial charge in [0, 0.05) is 16.9 Å². The van der Waals surface area contributed by atoms with E-state index >= 15 is 0 Å². The third kappa shape index (κ3) is 4.58. The van der Waals surface area contributed by atoms with E-state index in [-0.39, 0.29) is 22.4 Å². The monoisotopic (exact) mass is 461 g/mol. The molecule has 1 aliphatic heterocycles. The molecule has 3 aromatic rings. The van der Waals surface area contributed by atoms with Crippen molar-refractivity contribution < 1.29 is 19.5 Å². The Morgan fingerprint density at radius 3 is 2.03 bits per heavy atom. The Kier molecular flexibility index (Phi) is 5.89. The number of carbonyl (C=O) groups is 3. The van der Waals surface area contributed by atoms with Crippen LogP contribution in [0.2, 0.25) is 0 Å². The van der Waals surface area contributed by atoms with Gasteiger partial charge in [0.05, 0.1) is 5.69 Å². The van der Waals surface area contributed by atoms with Crippen LogP contribution in [0.3, 0.4) is 0 Å². The van der Waals surface area contributed by atoms with Crippen molar-refractivity contribution in [3.05, 3.63) is 94.1 Å². The van der Waals surface area contributed by atoms with Gasteiger partial charge in [-0.1, -0.05) is 17.7 Å². The van der Waals surface area contributed by atoms with Crippen LogP contribution in [0.1, 0.15) is 21.5 Å². The lowest BCUT2D eigenvalue weighted by Crippen LogP contribution is -2.32. The molecule has 0 aromatic heterocycles. The first kappa shape index (κ1) is 22.1. The minimum Gasteiger partial charge on any atom is -0.508 e. The van der Waals surface area contributed by atoms with Crippen LogP contribution in [0.5, 0.6) is 5.75 Å². The average molecular weight is 462 g/mol. The quantitative estimate of drug-likeness (QED) is 0.378. The summed E-state index contributed by atoms with van der Waals surface area (Å²) < 4.78 is 0. The number of amides is 3. The molecule has 1 heterocycles. The highest BCUT2D eigenvalue weighted by molar-refractivity contribution is 6.53. The fourth-order valence-corrected chi connectivity index (χ4v) is 3.74. The SMILES string of the molecule is Cc1cc(C)cc(N2C(=O)C(Cl)=C(Nc3ccc(C(=O)Nc4ccc(O)cc4)cc3)C2=O)c1. The van der Waals surface area contributed by atoms with E-state index in [9.17, 15) is 19.5 Å². The second-order valence-corrected chi connectivity index (χ2v) is 8.06. The molecular weight excluding hydrogens is 442 g/mol. The van der Waals surface area contributed by atoms with E-state index in [0.717, 1.165) is 16.0 Å². The molecule has 0 unspecified atom stereocenters. The summed E-state index contributed by atoms with van der Waals surface area (Å²) in [6.07, 6.45) is 0. The number of halogens is 1. The Morgan fingerprint density at radius 2 is 1.42 bits per heavy atom. The first-order valence-electron chi connectivity index (χ1n) is 10.1. The highest BCUT2D eigenvalue weighted by Gasteiger charge is 2.39. The molecule has 0 saturated carbocycles. The van der Waals surface area contributed by atoms with Crippen molar-refractivity contribution in [3.63, 3.8) is 0 Å². The van der Waals surface area contributed by atoms with Gasteiger partial charge in [0.25, 0.3) is 17.7 Å². The average Bonchev–Trinajstić information content (AvgIpc) is 2.98. The predicted molar refractivity (Wildman–Crippen MR) is 127 cm³/mol. The van der Waals surface area contributed by atoms with Crippen molar-refractivity contribution in [2.45, 2.75) is 13.8 Å². The van der Waals surface area contributed by atoms with Gasteiger partial charge in [-0.25, -0.2) is 4.90 Å². The summed E-state index contributed by atoms with van der Waals surface area (Å²) in [5.74, 6) is -1.38. The third-order valence-corrected chi connectivity index (χ3v) is 5.38. The van der Waals surface area contributed by atoms with Gasteiger partial charge in [-0.15, -0.1) is 0 Å². The molecule has 0 aliphatic carbocycles. The largest absolute Gasteiger partial charge is 0.508 e. The molecule has 0 bridgehead atoms. The van der Waals surface area contributed by atoms with E-state index in [4.69, 9.17) is 11.6 Å². The standard InChI is InChI=1S/C25H20ClN3O4/c1-14-11-15(2)13-19(12-14)29-24(32)21(26)22(25(29)33)27-17-5-3-16(4-6-17)23(31)28-18-7-9-20(30)10-8-18/h3-13,27,30H,1-2H3,(H,28,31). The number of aromatic hydroxyl groups is 1. The van der Waals surface area contributed by atoms with Gasteiger partial charge in [0.15, 0.2) is 0 Å². The lowest BCUT2D eigenvalue weighted by Gasteiger charge is -2.16. The van der Waals surface area contributed by atoms with Crippen molar-refractivity contribution in [3.8, 4) is 5.75 Å². The summed E-state index contributed by atoms with van der Waals surface area (Å²) in [6, 6.07) is 17.9. The molecule has 166 valence electrons. The van der Waals surface area contributed by atoms with E-state index < -0.39 is 11.8 Å². The summed E-state index contributed by atoms with van der Waals surface area (Å²) in [4.78, 5) is 39.1. The number of aryl methyl sites for hydroxylation is 2. The van der Waals surface area contributed by atoms with Crippen molar-refractivity contribution in [1.29, 1.82) is 0 Å². The molecule has 7 nitrogen and oxygen atoms in total. The lowest BCUT2D eigenvalue weighted by molar-refractivity contribution is -0.120. The predicted octanol–water partition coefficient (Wildman–Crippen LogP) is 4.70. The van der Waals surface area contributed by atoms with Gasteiger partial charge in [-0.3, -0.25) is 14.4 Å². The zero-order chi connectivity index (χ0) is 23.7. The minimum atomic E-state index is -0.598. The number of nitrogens with one attached hydrogen (secondary N) is 2. The molecule has 0 radical (unpaired) electrons. The van der Waals surface area contributed by atoms with E-state index in [2.05, 4.69) is 10.6 Å². The van der Waals surface area contributed by atoms with Crippen molar-refractivity contribution in [1.82, 2.24) is 0 Å². The van der Waals surface area contributed by atoms with Gasteiger partial charge in [-0.2, -0.15) is 0 Å². The van der Waals surface area contributed by atoms with Crippen molar-refractivity contribution >= 4 is 46.4 Å². The smallest absolute Gasteiger partial charge is 0.283 e. The van der Waals surface area contributed by atoms with Crippen molar-refractivity contribution in [2.24, 2.45) is 0 Å². The zero-order valence-corrected chi connectivity index (χ0v) is 18.6. The molecule has 0 atom stereocenters. The van der Waals surface area contributed by atoms with Crippen LogP contribution in [0.25, 0.3) is 0 Å². The number of hydrogen-bond acceptors (Lipinski definition) is 5. The number of benzene rings is 3. The normalized spacial score (nSPS) is 13.5. The van der Waals surface area contributed by atoms with E-state index in [1.54, 1.807) is 48.5 Å². The molecular formula is C25H20ClN3O4. The van der Waals surface area contributed by atoms with E-state index in [0.29, 0.717) is 22.6 Å². The second-order valence-electron chi connectivity index (χ2n) is 7.68. The molecule has 8 heteroatoms. The fraction of sp³-hybridized carbons (Fsp3) is 0.0800. The first-order chi connectivity index (χ1) is 15.7. The maximum absolute atomic E-state index is 13.0. The number of phenolic OH excluding ortho intramolecular Hbond substituents is 1. The molecule has 3 N–H and O–H groups in total.